The highest BCUT2D eigenvalue weighted by Gasteiger charge is 2.50. The Hall–Kier alpha value is -0.770. The predicted octanol–water partition coefficient (Wildman–Crippen LogP) is 1.39. The summed E-state index contributed by atoms with van der Waals surface area (Å²) in [4.78, 5) is 8.78. The topological polar surface area (TPSA) is 89.3 Å². The SMILES string of the molecule is CC(C)(C)C1(CN)CC1.NC(=O)O. The molecule has 1 fully saturated rings. The molecule has 1 aliphatic carbocycles. The number of carboxylic acid groups (broad SMARTS) is 1. The van der Waals surface area contributed by atoms with Crippen LogP contribution in [0.15, 0.2) is 0 Å². The molecule has 0 radical (unpaired) electrons. The van der Waals surface area contributed by atoms with Gasteiger partial charge in [-0.1, -0.05) is 20.8 Å². The summed E-state index contributed by atoms with van der Waals surface area (Å²) in [6.45, 7) is 7.73. The molecule has 0 atom stereocenters. The fourth-order valence-electron chi connectivity index (χ4n) is 1.41. The molecule has 0 aromatic heterocycles. The van der Waals surface area contributed by atoms with Gasteiger partial charge < -0.3 is 16.6 Å². The Balaban J connectivity index is 0.000000310. The molecule has 4 nitrogen and oxygen atoms in total. The zero-order valence-electron chi connectivity index (χ0n) is 8.63. The maximum atomic E-state index is 8.78. The molecule has 0 unspecified atom stereocenters. The van der Waals surface area contributed by atoms with Crippen molar-refractivity contribution in [3.05, 3.63) is 0 Å². The lowest BCUT2D eigenvalue weighted by Gasteiger charge is -2.29. The van der Waals surface area contributed by atoms with Crippen molar-refractivity contribution in [2.24, 2.45) is 22.3 Å². The first kappa shape index (κ1) is 12.2. The monoisotopic (exact) mass is 188 g/mol. The van der Waals surface area contributed by atoms with Crippen LogP contribution < -0.4 is 11.5 Å². The van der Waals surface area contributed by atoms with Gasteiger partial charge in [0.25, 0.3) is 0 Å². The summed E-state index contributed by atoms with van der Waals surface area (Å²) in [5, 5.41) is 7.19. The van der Waals surface area contributed by atoms with E-state index in [1.54, 1.807) is 0 Å². The lowest BCUT2D eigenvalue weighted by molar-refractivity contribution is 0.205. The van der Waals surface area contributed by atoms with Crippen LogP contribution in [0.3, 0.4) is 0 Å². The van der Waals surface area contributed by atoms with Crippen LogP contribution in [0.2, 0.25) is 0 Å². The predicted molar refractivity (Wildman–Crippen MR) is 52.4 cm³/mol. The molecular weight excluding hydrogens is 168 g/mol. The highest BCUT2D eigenvalue weighted by Crippen LogP contribution is 2.57. The van der Waals surface area contributed by atoms with Crippen molar-refractivity contribution < 1.29 is 9.90 Å². The third-order valence-corrected chi connectivity index (χ3v) is 2.84. The number of primary amides is 1. The van der Waals surface area contributed by atoms with Gasteiger partial charge in [0.05, 0.1) is 0 Å². The quantitative estimate of drug-likeness (QED) is 0.581. The Morgan fingerprint density at radius 3 is 1.77 bits per heavy atom. The molecular formula is C9H20N2O2. The Bertz CT molecular complexity index is 177. The molecule has 5 N–H and O–H groups in total. The van der Waals surface area contributed by atoms with E-state index in [1.807, 2.05) is 0 Å². The summed E-state index contributed by atoms with van der Waals surface area (Å²) in [5.41, 5.74) is 10.6. The summed E-state index contributed by atoms with van der Waals surface area (Å²) >= 11 is 0. The fourth-order valence-corrected chi connectivity index (χ4v) is 1.41. The minimum absolute atomic E-state index is 0.432. The fraction of sp³-hybridized carbons (Fsp3) is 0.889. The van der Waals surface area contributed by atoms with Gasteiger partial charge >= 0.3 is 6.09 Å². The van der Waals surface area contributed by atoms with Crippen molar-refractivity contribution in [3.8, 4) is 0 Å². The second-order valence-corrected chi connectivity index (χ2v) is 4.57. The molecule has 0 heterocycles. The Kier molecular flexibility index (Phi) is 3.72. The summed E-state index contributed by atoms with van der Waals surface area (Å²) in [6, 6.07) is 0. The van der Waals surface area contributed by atoms with E-state index in [-0.39, 0.29) is 0 Å². The van der Waals surface area contributed by atoms with Gasteiger partial charge in [-0.25, -0.2) is 4.79 Å². The lowest BCUT2D eigenvalue weighted by atomic mass is 9.78. The molecule has 0 aromatic rings. The molecule has 4 heteroatoms. The molecule has 0 aromatic carbocycles. The maximum absolute atomic E-state index is 8.78. The summed E-state index contributed by atoms with van der Waals surface area (Å²) in [6.07, 6.45) is 1.35. The van der Waals surface area contributed by atoms with Gasteiger partial charge in [0, 0.05) is 0 Å². The molecule has 0 aliphatic heterocycles. The van der Waals surface area contributed by atoms with Crippen LogP contribution in [0.25, 0.3) is 0 Å². The van der Waals surface area contributed by atoms with E-state index in [0.29, 0.717) is 10.8 Å². The van der Waals surface area contributed by atoms with Gasteiger partial charge in [0.1, 0.15) is 0 Å². The minimum Gasteiger partial charge on any atom is -0.465 e. The molecule has 0 spiro atoms. The molecule has 1 aliphatic rings. The van der Waals surface area contributed by atoms with E-state index < -0.39 is 6.09 Å². The highest BCUT2D eigenvalue weighted by atomic mass is 16.4. The molecule has 0 bridgehead atoms. The first-order valence-electron chi connectivity index (χ1n) is 4.44. The van der Waals surface area contributed by atoms with Crippen molar-refractivity contribution in [1.29, 1.82) is 0 Å². The largest absolute Gasteiger partial charge is 0.465 e. The molecule has 13 heavy (non-hydrogen) atoms. The number of carbonyl (C=O) groups is 1. The number of hydrogen-bond donors (Lipinski definition) is 3. The molecule has 78 valence electrons. The van der Waals surface area contributed by atoms with Crippen LogP contribution in [-0.4, -0.2) is 17.7 Å². The van der Waals surface area contributed by atoms with E-state index in [1.165, 1.54) is 12.8 Å². The third-order valence-electron chi connectivity index (χ3n) is 2.84. The average molecular weight is 188 g/mol. The van der Waals surface area contributed by atoms with Crippen molar-refractivity contribution in [1.82, 2.24) is 0 Å². The number of nitrogens with two attached hydrogens (primary N) is 2. The van der Waals surface area contributed by atoms with Crippen LogP contribution in [0.4, 0.5) is 4.79 Å². The van der Waals surface area contributed by atoms with Gasteiger partial charge in [-0.05, 0) is 30.2 Å². The van der Waals surface area contributed by atoms with Gasteiger partial charge in [-0.2, -0.15) is 0 Å². The second-order valence-electron chi connectivity index (χ2n) is 4.57. The Morgan fingerprint density at radius 1 is 1.46 bits per heavy atom. The number of amides is 1. The smallest absolute Gasteiger partial charge is 0.402 e. The maximum Gasteiger partial charge on any atom is 0.402 e. The summed E-state index contributed by atoms with van der Waals surface area (Å²) in [5.74, 6) is 0. The van der Waals surface area contributed by atoms with Crippen molar-refractivity contribution >= 4 is 6.09 Å². The zero-order valence-corrected chi connectivity index (χ0v) is 8.63. The van der Waals surface area contributed by atoms with Crippen molar-refractivity contribution in [2.45, 2.75) is 33.6 Å². The van der Waals surface area contributed by atoms with Crippen LogP contribution >= 0.6 is 0 Å². The third kappa shape index (κ3) is 3.63. The molecule has 0 saturated heterocycles. The lowest BCUT2D eigenvalue weighted by Crippen LogP contribution is -2.29. The van der Waals surface area contributed by atoms with E-state index in [9.17, 15) is 0 Å². The van der Waals surface area contributed by atoms with Crippen LogP contribution in [0.1, 0.15) is 33.6 Å². The summed E-state index contributed by atoms with van der Waals surface area (Å²) in [7, 11) is 0. The van der Waals surface area contributed by atoms with Crippen LogP contribution in [0, 0.1) is 10.8 Å². The van der Waals surface area contributed by atoms with Gasteiger partial charge in [-0.15, -0.1) is 0 Å². The van der Waals surface area contributed by atoms with Crippen molar-refractivity contribution in [3.63, 3.8) is 0 Å². The number of hydrogen-bond acceptors (Lipinski definition) is 2. The minimum atomic E-state index is -1.33. The first-order valence-corrected chi connectivity index (χ1v) is 4.44. The standard InChI is InChI=1S/C8H17N.CH3NO2/c1-7(2,3)8(6-9)4-5-8;2-1(3)4/h4-6,9H2,1-3H3;2H2,(H,3,4). The normalized spacial score (nSPS) is 18.5. The second kappa shape index (κ2) is 3.96. The average Bonchev–Trinajstić information content (AvgIpc) is 2.62. The van der Waals surface area contributed by atoms with E-state index in [4.69, 9.17) is 15.6 Å². The van der Waals surface area contributed by atoms with E-state index in [0.717, 1.165) is 6.54 Å². The highest BCUT2D eigenvalue weighted by molar-refractivity contribution is 5.61. The van der Waals surface area contributed by atoms with Crippen LogP contribution in [0.5, 0.6) is 0 Å². The molecule has 1 amide bonds. The van der Waals surface area contributed by atoms with Gasteiger partial charge in [0.15, 0.2) is 0 Å². The number of rotatable bonds is 1. The van der Waals surface area contributed by atoms with Gasteiger partial charge in [0.2, 0.25) is 0 Å². The zero-order chi connectivity index (χ0) is 10.7. The Morgan fingerprint density at radius 2 is 1.77 bits per heavy atom. The summed E-state index contributed by atoms with van der Waals surface area (Å²) < 4.78 is 0. The van der Waals surface area contributed by atoms with Gasteiger partial charge in [-0.3, -0.25) is 0 Å². The van der Waals surface area contributed by atoms with E-state index >= 15 is 0 Å². The molecule has 1 rings (SSSR count). The first-order chi connectivity index (χ1) is 5.75. The Labute approximate surface area is 79.3 Å². The van der Waals surface area contributed by atoms with Crippen LogP contribution in [-0.2, 0) is 0 Å². The van der Waals surface area contributed by atoms with Crippen molar-refractivity contribution in [2.75, 3.05) is 6.54 Å². The molecule has 1 saturated carbocycles. The van der Waals surface area contributed by atoms with E-state index in [2.05, 4.69) is 26.5 Å².